The van der Waals surface area contributed by atoms with Crippen LogP contribution in [0.5, 0.6) is 5.75 Å². The van der Waals surface area contributed by atoms with Crippen LogP contribution in [-0.4, -0.2) is 39.6 Å². The third kappa shape index (κ3) is 5.24. The van der Waals surface area contributed by atoms with Gasteiger partial charge in [0.05, 0.1) is 12.9 Å². The highest BCUT2D eigenvalue weighted by Crippen LogP contribution is 2.28. The number of amides is 1. The molecule has 26 heavy (non-hydrogen) atoms. The predicted octanol–water partition coefficient (Wildman–Crippen LogP) is 3.93. The Labute approximate surface area is 159 Å². The lowest BCUT2D eigenvalue weighted by atomic mass is 10.2. The third-order valence-electron chi connectivity index (χ3n) is 3.99. The number of aromatic nitrogens is 3. The van der Waals surface area contributed by atoms with E-state index in [4.69, 9.17) is 4.74 Å². The van der Waals surface area contributed by atoms with Crippen molar-refractivity contribution in [3.8, 4) is 17.1 Å². The van der Waals surface area contributed by atoms with Crippen LogP contribution in [-0.2, 0) is 4.79 Å². The molecular formula is C19H28N4O2S. The lowest BCUT2D eigenvalue weighted by molar-refractivity contribution is -0.119. The van der Waals surface area contributed by atoms with Crippen LogP contribution in [0.3, 0.4) is 0 Å². The number of thioether (sulfide) groups is 1. The fraction of sp³-hybridized carbons (Fsp3) is 0.526. The monoisotopic (exact) mass is 376 g/mol. The molecule has 0 saturated heterocycles. The first kappa shape index (κ1) is 20.3. The number of methoxy groups -OCH3 is 1. The van der Waals surface area contributed by atoms with Crippen LogP contribution in [0, 0.1) is 0 Å². The van der Waals surface area contributed by atoms with Crippen molar-refractivity contribution in [2.24, 2.45) is 0 Å². The molecule has 1 N–H and O–H groups in total. The van der Waals surface area contributed by atoms with Gasteiger partial charge in [-0.25, -0.2) is 0 Å². The Morgan fingerprint density at radius 1 is 1.23 bits per heavy atom. The lowest BCUT2D eigenvalue weighted by Crippen LogP contribution is -2.33. The third-order valence-corrected chi connectivity index (χ3v) is 4.93. The molecule has 1 aromatic heterocycles. The highest BCUT2D eigenvalue weighted by Gasteiger charge is 2.18. The molecule has 7 heteroatoms. The van der Waals surface area contributed by atoms with Crippen LogP contribution in [0.1, 0.15) is 46.6 Å². The van der Waals surface area contributed by atoms with E-state index in [-0.39, 0.29) is 18.0 Å². The average molecular weight is 377 g/mol. The SMILES string of the molecule is CCC[C@H](C)NC(=O)CSc1nnc(-c2ccc(OC)cc2)n1C(C)C. The Balaban J connectivity index is 2.12. The van der Waals surface area contributed by atoms with Gasteiger partial charge in [-0.1, -0.05) is 25.1 Å². The topological polar surface area (TPSA) is 69.0 Å². The molecular weight excluding hydrogens is 348 g/mol. The van der Waals surface area contributed by atoms with E-state index in [0.29, 0.717) is 5.75 Å². The number of nitrogens with zero attached hydrogens (tertiary/aromatic N) is 3. The van der Waals surface area contributed by atoms with E-state index < -0.39 is 0 Å². The first-order valence-corrected chi connectivity index (χ1v) is 9.96. The van der Waals surface area contributed by atoms with E-state index >= 15 is 0 Å². The summed E-state index contributed by atoms with van der Waals surface area (Å²) in [6.07, 6.45) is 2.04. The van der Waals surface area contributed by atoms with E-state index in [1.54, 1.807) is 7.11 Å². The number of rotatable bonds is 9. The number of hydrogen-bond acceptors (Lipinski definition) is 5. The molecule has 1 aromatic carbocycles. The molecule has 0 saturated carbocycles. The molecule has 0 aliphatic heterocycles. The van der Waals surface area contributed by atoms with Crippen molar-refractivity contribution in [2.75, 3.05) is 12.9 Å². The summed E-state index contributed by atoms with van der Waals surface area (Å²) in [6, 6.07) is 8.14. The minimum absolute atomic E-state index is 0.0280. The molecule has 2 rings (SSSR count). The minimum atomic E-state index is 0.0280. The Hall–Kier alpha value is -2.02. The Bertz CT molecular complexity index is 713. The first-order chi connectivity index (χ1) is 12.5. The molecule has 1 heterocycles. The molecule has 0 spiro atoms. The zero-order valence-corrected chi connectivity index (χ0v) is 17.0. The molecule has 0 radical (unpaired) electrons. The van der Waals surface area contributed by atoms with Crippen LogP contribution in [0.15, 0.2) is 29.4 Å². The second-order valence-corrected chi connectivity index (χ2v) is 7.49. The summed E-state index contributed by atoms with van der Waals surface area (Å²) in [4.78, 5) is 12.1. The summed E-state index contributed by atoms with van der Waals surface area (Å²) in [7, 11) is 1.65. The van der Waals surface area contributed by atoms with Crippen molar-refractivity contribution in [1.29, 1.82) is 0 Å². The summed E-state index contributed by atoms with van der Waals surface area (Å²) in [5.41, 5.74) is 0.972. The molecule has 6 nitrogen and oxygen atoms in total. The van der Waals surface area contributed by atoms with Gasteiger partial charge >= 0.3 is 0 Å². The van der Waals surface area contributed by atoms with Crippen LogP contribution in [0.4, 0.5) is 0 Å². The summed E-state index contributed by atoms with van der Waals surface area (Å²) in [5, 5.41) is 12.4. The van der Waals surface area contributed by atoms with Gasteiger partial charge in [-0.05, 0) is 51.5 Å². The fourth-order valence-corrected chi connectivity index (χ4v) is 3.61. The van der Waals surface area contributed by atoms with Gasteiger partial charge in [0.15, 0.2) is 11.0 Å². The standard InChI is InChI=1S/C19H28N4O2S/c1-6-7-14(4)20-17(24)12-26-19-22-21-18(23(19)13(2)3)15-8-10-16(25-5)11-9-15/h8-11,13-14H,6-7,12H2,1-5H3,(H,20,24)/t14-/m0/s1. The Morgan fingerprint density at radius 3 is 2.50 bits per heavy atom. The van der Waals surface area contributed by atoms with Crippen LogP contribution >= 0.6 is 11.8 Å². The van der Waals surface area contributed by atoms with Crippen LogP contribution < -0.4 is 10.1 Å². The molecule has 1 amide bonds. The molecule has 0 unspecified atom stereocenters. The minimum Gasteiger partial charge on any atom is -0.497 e. The number of ether oxygens (including phenoxy) is 1. The number of hydrogen-bond donors (Lipinski definition) is 1. The Kier molecular flexibility index (Phi) is 7.50. The zero-order chi connectivity index (χ0) is 19.1. The second kappa shape index (κ2) is 9.62. The number of nitrogens with one attached hydrogen (secondary N) is 1. The maximum Gasteiger partial charge on any atom is 0.230 e. The van der Waals surface area contributed by atoms with Gasteiger partial charge in [-0.2, -0.15) is 0 Å². The van der Waals surface area contributed by atoms with E-state index in [0.717, 1.165) is 35.1 Å². The van der Waals surface area contributed by atoms with Gasteiger partial charge in [0.2, 0.25) is 5.91 Å². The van der Waals surface area contributed by atoms with Gasteiger partial charge in [-0.15, -0.1) is 10.2 Å². The largest absolute Gasteiger partial charge is 0.497 e. The van der Waals surface area contributed by atoms with E-state index in [2.05, 4.69) is 40.9 Å². The van der Waals surface area contributed by atoms with Crippen molar-refractivity contribution in [3.05, 3.63) is 24.3 Å². The first-order valence-electron chi connectivity index (χ1n) is 8.97. The quantitative estimate of drug-likeness (QED) is 0.672. The number of carbonyl (C=O) groups excluding carboxylic acids is 1. The van der Waals surface area contributed by atoms with Gasteiger partial charge < -0.3 is 10.1 Å². The van der Waals surface area contributed by atoms with Crippen molar-refractivity contribution < 1.29 is 9.53 Å². The highest BCUT2D eigenvalue weighted by molar-refractivity contribution is 7.99. The van der Waals surface area contributed by atoms with Crippen LogP contribution in [0.2, 0.25) is 0 Å². The van der Waals surface area contributed by atoms with Crippen molar-refractivity contribution in [2.45, 2.75) is 57.8 Å². The summed E-state index contributed by atoms with van der Waals surface area (Å²) >= 11 is 1.42. The summed E-state index contributed by atoms with van der Waals surface area (Å²) in [6.45, 7) is 8.32. The van der Waals surface area contributed by atoms with Gasteiger partial charge in [0, 0.05) is 17.6 Å². The molecule has 2 aromatic rings. The molecule has 0 aliphatic carbocycles. The lowest BCUT2D eigenvalue weighted by Gasteiger charge is -2.15. The molecule has 1 atom stereocenters. The van der Waals surface area contributed by atoms with E-state index in [1.807, 2.05) is 31.2 Å². The normalized spacial score (nSPS) is 12.2. The van der Waals surface area contributed by atoms with E-state index in [9.17, 15) is 4.79 Å². The van der Waals surface area contributed by atoms with Gasteiger partial charge in [0.25, 0.3) is 0 Å². The zero-order valence-electron chi connectivity index (χ0n) is 16.2. The number of benzene rings is 1. The van der Waals surface area contributed by atoms with Crippen LogP contribution in [0.25, 0.3) is 11.4 Å². The highest BCUT2D eigenvalue weighted by atomic mass is 32.2. The number of carbonyl (C=O) groups is 1. The predicted molar refractivity (Wildman–Crippen MR) is 106 cm³/mol. The van der Waals surface area contributed by atoms with Crippen molar-refractivity contribution >= 4 is 17.7 Å². The molecule has 142 valence electrons. The molecule has 0 aliphatic rings. The maximum absolute atomic E-state index is 12.1. The fourth-order valence-electron chi connectivity index (χ4n) is 2.73. The van der Waals surface area contributed by atoms with Gasteiger partial charge in [0.1, 0.15) is 5.75 Å². The van der Waals surface area contributed by atoms with Crippen molar-refractivity contribution in [1.82, 2.24) is 20.1 Å². The Morgan fingerprint density at radius 2 is 1.92 bits per heavy atom. The maximum atomic E-state index is 12.1. The molecule has 0 fully saturated rings. The van der Waals surface area contributed by atoms with Gasteiger partial charge in [-0.3, -0.25) is 9.36 Å². The smallest absolute Gasteiger partial charge is 0.230 e. The summed E-state index contributed by atoms with van der Waals surface area (Å²) < 4.78 is 7.28. The van der Waals surface area contributed by atoms with E-state index in [1.165, 1.54) is 11.8 Å². The average Bonchev–Trinajstić information content (AvgIpc) is 3.04. The summed E-state index contributed by atoms with van der Waals surface area (Å²) in [5.74, 6) is 1.96. The second-order valence-electron chi connectivity index (χ2n) is 6.54. The van der Waals surface area contributed by atoms with Crippen molar-refractivity contribution in [3.63, 3.8) is 0 Å². The molecule has 0 bridgehead atoms.